The van der Waals surface area contributed by atoms with Crippen LogP contribution in [0.15, 0.2) is 70.0 Å². The Kier molecular flexibility index (Phi) is 6.42. The molecule has 1 heterocycles. The van der Waals surface area contributed by atoms with Gasteiger partial charge in [-0.05, 0) is 41.6 Å². The molecule has 0 saturated carbocycles. The Labute approximate surface area is 191 Å². The molecule has 0 spiro atoms. The lowest BCUT2D eigenvalue weighted by Crippen LogP contribution is -2.11. The van der Waals surface area contributed by atoms with Gasteiger partial charge in [0.05, 0.1) is 17.6 Å². The van der Waals surface area contributed by atoms with Crippen LogP contribution in [-0.4, -0.2) is 24.4 Å². The summed E-state index contributed by atoms with van der Waals surface area (Å²) < 4.78 is 11.5. The van der Waals surface area contributed by atoms with E-state index < -0.39 is 0 Å². The molecule has 164 valence electrons. The molecule has 2 N–H and O–H groups in total. The Balaban J connectivity index is 1.94. The molecule has 1 amide bonds. The Morgan fingerprint density at radius 3 is 2.56 bits per heavy atom. The molecule has 4 rings (SSSR count). The molecule has 3 aromatic carbocycles. The second-order valence-electron chi connectivity index (χ2n) is 7.38. The number of fused-ring (bicyclic) bond motifs is 1. The summed E-state index contributed by atoms with van der Waals surface area (Å²) in [6.07, 6.45) is 3.02. The highest BCUT2D eigenvalue weighted by Gasteiger charge is 2.23. The molecule has 32 heavy (non-hydrogen) atoms. The van der Waals surface area contributed by atoms with Gasteiger partial charge in [-0.15, -0.1) is 11.8 Å². The van der Waals surface area contributed by atoms with Crippen LogP contribution in [0.2, 0.25) is 0 Å². The highest BCUT2D eigenvalue weighted by Crippen LogP contribution is 2.46. The molecule has 5 nitrogen and oxygen atoms in total. The van der Waals surface area contributed by atoms with Crippen molar-refractivity contribution in [3.8, 4) is 22.8 Å². The predicted molar refractivity (Wildman–Crippen MR) is 130 cm³/mol. The fourth-order valence-corrected chi connectivity index (χ4v) is 4.54. The summed E-state index contributed by atoms with van der Waals surface area (Å²) in [6, 6.07) is 19.1. The van der Waals surface area contributed by atoms with Crippen molar-refractivity contribution in [3.63, 3.8) is 0 Å². The largest absolute Gasteiger partial charge is 0.507 e. The van der Waals surface area contributed by atoms with E-state index in [0.29, 0.717) is 35.5 Å². The molecular formula is C26H25NO4S. The zero-order valence-corrected chi connectivity index (χ0v) is 19.1. The average molecular weight is 448 g/mol. The monoisotopic (exact) mass is 447 g/mol. The van der Waals surface area contributed by atoms with Crippen LogP contribution in [0.4, 0.5) is 5.69 Å². The second-order valence-corrected chi connectivity index (χ2v) is 8.19. The highest BCUT2D eigenvalue weighted by atomic mass is 32.2. The number of anilines is 1. The van der Waals surface area contributed by atoms with Crippen LogP contribution >= 0.6 is 11.8 Å². The molecule has 0 saturated heterocycles. The van der Waals surface area contributed by atoms with Crippen molar-refractivity contribution in [2.75, 3.05) is 18.7 Å². The van der Waals surface area contributed by atoms with Gasteiger partial charge in [0.25, 0.3) is 0 Å². The Morgan fingerprint density at radius 2 is 1.91 bits per heavy atom. The van der Waals surface area contributed by atoms with Gasteiger partial charge in [0.15, 0.2) is 5.76 Å². The maximum atomic E-state index is 12.2. The number of ether oxygens (including phenoxy) is 1. The van der Waals surface area contributed by atoms with Crippen LogP contribution in [-0.2, 0) is 11.2 Å². The van der Waals surface area contributed by atoms with Gasteiger partial charge in [0.2, 0.25) is 5.91 Å². The van der Waals surface area contributed by atoms with Crippen molar-refractivity contribution < 1.29 is 19.1 Å². The summed E-state index contributed by atoms with van der Waals surface area (Å²) in [4.78, 5) is 13.1. The SMILES string of the molecule is CCC(=O)Nc1ccc2oc(-c3ccc(OC)cc3O)c(SC)c2c1Cc1ccccc1. The number of amides is 1. The van der Waals surface area contributed by atoms with E-state index in [9.17, 15) is 9.90 Å². The van der Waals surface area contributed by atoms with Crippen molar-refractivity contribution >= 4 is 34.3 Å². The number of thioether (sulfide) groups is 1. The smallest absolute Gasteiger partial charge is 0.224 e. The number of carbonyl (C=O) groups excluding carboxylic acids is 1. The van der Waals surface area contributed by atoms with Crippen LogP contribution in [0, 0.1) is 0 Å². The van der Waals surface area contributed by atoms with E-state index in [1.807, 2.05) is 43.5 Å². The molecule has 0 aliphatic carbocycles. The van der Waals surface area contributed by atoms with E-state index >= 15 is 0 Å². The zero-order chi connectivity index (χ0) is 22.7. The third-order valence-corrected chi connectivity index (χ3v) is 6.19. The van der Waals surface area contributed by atoms with Crippen molar-refractivity contribution in [2.45, 2.75) is 24.7 Å². The van der Waals surface area contributed by atoms with Gasteiger partial charge in [-0.2, -0.15) is 0 Å². The van der Waals surface area contributed by atoms with Crippen LogP contribution in [0.5, 0.6) is 11.5 Å². The second kappa shape index (κ2) is 9.40. The van der Waals surface area contributed by atoms with Gasteiger partial charge in [-0.25, -0.2) is 0 Å². The van der Waals surface area contributed by atoms with Crippen LogP contribution < -0.4 is 10.1 Å². The van der Waals surface area contributed by atoms with Crippen LogP contribution in [0.25, 0.3) is 22.3 Å². The van der Waals surface area contributed by atoms with E-state index in [0.717, 1.165) is 27.1 Å². The third-order valence-electron chi connectivity index (χ3n) is 5.39. The molecule has 4 aromatic rings. The standard InChI is InChI=1S/C26H25NO4S/c1-4-23(29)27-20-12-13-22-24(19(20)14-16-8-6-5-7-9-16)26(32-3)25(31-22)18-11-10-17(30-2)15-21(18)28/h5-13,15,28H,4,14H2,1-3H3,(H,27,29). The van der Waals surface area contributed by atoms with Crippen LogP contribution in [0.1, 0.15) is 24.5 Å². The number of carbonyl (C=O) groups is 1. The van der Waals surface area contributed by atoms with Gasteiger partial charge in [-0.3, -0.25) is 4.79 Å². The molecule has 1 aromatic heterocycles. The first-order chi connectivity index (χ1) is 15.5. The number of aromatic hydroxyl groups is 1. The van der Waals surface area contributed by atoms with Gasteiger partial charge >= 0.3 is 0 Å². The quantitative estimate of drug-likeness (QED) is 0.318. The molecule has 6 heteroatoms. The van der Waals surface area contributed by atoms with E-state index in [1.54, 1.807) is 37.1 Å². The number of hydrogen-bond acceptors (Lipinski definition) is 5. The number of rotatable bonds is 7. The predicted octanol–water partition coefficient (Wildman–Crippen LogP) is 6.48. The van der Waals surface area contributed by atoms with E-state index in [4.69, 9.17) is 9.15 Å². The number of hydrogen-bond donors (Lipinski definition) is 2. The first-order valence-corrected chi connectivity index (χ1v) is 11.6. The summed E-state index contributed by atoms with van der Waals surface area (Å²) in [5, 5.41) is 14.6. The molecule has 0 radical (unpaired) electrons. The summed E-state index contributed by atoms with van der Waals surface area (Å²) in [7, 11) is 1.56. The molecule has 0 aliphatic heterocycles. The molecule has 0 fully saturated rings. The first kappa shape index (κ1) is 21.8. The van der Waals surface area contributed by atoms with E-state index in [2.05, 4.69) is 17.4 Å². The van der Waals surface area contributed by atoms with Crippen molar-refractivity contribution in [1.82, 2.24) is 0 Å². The maximum Gasteiger partial charge on any atom is 0.224 e. The maximum absolute atomic E-state index is 12.2. The van der Waals surface area contributed by atoms with Crippen molar-refractivity contribution in [1.29, 1.82) is 0 Å². The fraction of sp³-hybridized carbons (Fsp3) is 0.192. The Hall–Kier alpha value is -3.38. The molecule has 0 bridgehead atoms. The minimum Gasteiger partial charge on any atom is -0.507 e. The van der Waals surface area contributed by atoms with E-state index in [1.165, 1.54) is 0 Å². The fourth-order valence-electron chi connectivity index (χ4n) is 3.77. The number of benzene rings is 3. The first-order valence-electron chi connectivity index (χ1n) is 10.4. The lowest BCUT2D eigenvalue weighted by molar-refractivity contribution is -0.115. The minimum absolute atomic E-state index is 0.0409. The minimum atomic E-state index is -0.0409. The zero-order valence-electron chi connectivity index (χ0n) is 18.3. The topological polar surface area (TPSA) is 71.7 Å². The molecule has 0 aliphatic rings. The number of phenols is 1. The van der Waals surface area contributed by atoms with E-state index in [-0.39, 0.29) is 11.7 Å². The van der Waals surface area contributed by atoms with Crippen LogP contribution in [0.3, 0.4) is 0 Å². The number of methoxy groups -OCH3 is 1. The summed E-state index contributed by atoms with van der Waals surface area (Å²) in [6.45, 7) is 1.83. The normalized spacial score (nSPS) is 11.0. The highest BCUT2D eigenvalue weighted by molar-refractivity contribution is 7.99. The molecular weight excluding hydrogens is 422 g/mol. The summed E-state index contributed by atoms with van der Waals surface area (Å²) in [5.74, 6) is 1.21. The number of phenolic OH excluding ortho intramolecular Hbond substituents is 1. The van der Waals surface area contributed by atoms with Gasteiger partial charge in [0, 0.05) is 30.0 Å². The molecule has 0 atom stereocenters. The summed E-state index contributed by atoms with van der Waals surface area (Å²) >= 11 is 1.55. The Bertz CT molecular complexity index is 1260. The van der Waals surface area contributed by atoms with Gasteiger partial charge in [0.1, 0.15) is 17.1 Å². The third kappa shape index (κ3) is 4.18. The lowest BCUT2D eigenvalue weighted by Gasteiger charge is -2.13. The van der Waals surface area contributed by atoms with Crippen molar-refractivity contribution in [3.05, 3.63) is 71.8 Å². The van der Waals surface area contributed by atoms with Gasteiger partial charge < -0.3 is 19.6 Å². The lowest BCUT2D eigenvalue weighted by atomic mass is 9.98. The molecule has 0 unspecified atom stereocenters. The van der Waals surface area contributed by atoms with Gasteiger partial charge in [-0.1, -0.05) is 37.3 Å². The Morgan fingerprint density at radius 1 is 1.12 bits per heavy atom. The average Bonchev–Trinajstić information content (AvgIpc) is 3.19. The number of nitrogens with one attached hydrogen (secondary N) is 1. The van der Waals surface area contributed by atoms with Crippen molar-refractivity contribution in [2.24, 2.45) is 0 Å². The summed E-state index contributed by atoms with van der Waals surface area (Å²) in [5.41, 5.74) is 4.20. The number of furan rings is 1.